The number of carboxylic acids is 1. The van der Waals surface area contributed by atoms with Crippen LogP contribution < -0.4 is 21.8 Å². The van der Waals surface area contributed by atoms with Gasteiger partial charge in [-0.1, -0.05) is 55.0 Å². The minimum absolute atomic E-state index is 0.0214. The van der Waals surface area contributed by atoms with Gasteiger partial charge in [0.25, 0.3) is 0 Å². The van der Waals surface area contributed by atoms with Crippen LogP contribution >= 0.6 is 0 Å². The number of rotatable bonds is 17. The van der Waals surface area contributed by atoms with E-state index in [2.05, 4.69) is 27.7 Å². The molecule has 11 atom stereocenters. The lowest BCUT2D eigenvalue weighted by atomic mass is 9.49. The largest absolute Gasteiger partial charge is 0.481 e. The number of nitrogens with zero attached hydrogens (tertiary/aromatic N) is 1. The van der Waals surface area contributed by atoms with Crippen LogP contribution in [0.15, 0.2) is 72.3 Å². The lowest BCUT2D eigenvalue weighted by Crippen LogP contribution is -2.59. The smallest absolute Gasteiger partial charge is 0.410 e. The number of hydrogen-bond acceptors (Lipinski definition) is 15. The average Bonchev–Trinajstić information content (AvgIpc) is 4.03. The van der Waals surface area contributed by atoms with Crippen LogP contribution in [-0.4, -0.2) is 131 Å². The number of aliphatic carboxylic acids is 1. The van der Waals surface area contributed by atoms with E-state index in [0.29, 0.717) is 50.2 Å². The lowest BCUT2D eigenvalue weighted by Gasteiger charge is -2.56. The Labute approximate surface area is 409 Å². The highest BCUT2D eigenvalue weighted by molar-refractivity contribution is 6.01. The average molecular weight is 984 g/mol. The van der Waals surface area contributed by atoms with Crippen LogP contribution in [0.2, 0.25) is 0 Å². The zero-order valence-corrected chi connectivity index (χ0v) is 39.4. The number of ketones is 2. The van der Waals surface area contributed by atoms with Crippen LogP contribution in [0.25, 0.3) is 0 Å². The molecule has 71 heavy (non-hydrogen) atoms. The number of ether oxygens (including phenoxy) is 4. The maximum atomic E-state index is 13.8. The number of benzene rings is 2. The Morgan fingerprint density at radius 3 is 2.45 bits per heavy atom. The first-order valence-corrected chi connectivity index (χ1v) is 24.2. The van der Waals surface area contributed by atoms with Crippen LogP contribution in [0.3, 0.4) is 0 Å². The lowest BCUT2D eigenvalue weighted by molar-refractivity contribution is -0.174. The molecule has 3 heterocycles. The molecular weight excluding hydrogens is 923 g/mol. The number of anilines is 1. The first-order valence-electron chi connectivity index (χ1n) is 24.2. The van der Waals surface area contributed by atoms with Gasteiger partial charge in [0.05, 0.1) is 31.5 Å². The molecule has 0 bridgehead atoms. The number of amides is 4. The summed E-state index contributed by atoms with van der Waals surface area (Å²) in [5.41, 5.74) is 1.85. The van der Waals surface area contributed by atoms with Crippen molar-refractivity contribution in [1.82, 2.24) is 15.5 Å². The van der Waals surface area contributed by atoms with E-state index in [0.717, 1.165) is 36.0 Å². The summed E-state index contributed by atoms with van der Waals surface area (Å²) in [6.07, 6.45) is 5.89. The quantitative estimate of drug-likeness (QED) is 0.112. The molecule has 2 aromatic carbocycles. The molecule has 3 saturated carbocycles. The van der Waals surface area contributed by atoms with Gasteiger partial charge in [-0.15, -0.1) is 0 Å². The number of Topliss-reactive ketones (excluding diaryl/α,β-unsaturated/α-hetero) is 1. The molecule has 0 radical (unpaired) electrons. The molecule has 8 N–H and O–H groups in total. The second-order valence-corrected chi connectivity index (χ2v) is 20.5. The van der Waals surface area contributed by atoms with Crippen molar-refractivity contribution < 1.29 is 72.7 Å². The van der Waals surface area contributed by atoms with Crippen molar-refractivity contribution in [2.24, 2.45) is 40.4 Å². The van der Waals surface area contributed by atoms with Crippen molar-refractivity contribution in [3.05, 3.63) is 89.0 Å². The number of nitrogens with one attached hydrogen (secondary N) is 3. The molecule has 9 rings (SSSR count). The minimum atomic E-state index is -1.37. The van der Waals surface area contributed by atoms with E-state index < -0.39 is 97.3 Å². The monoisotopic (exact) mass is 983 g/mol. The fraction of sp³-hybridized carbons (Fsp3) is 0.549. The topological polar surface area (TPSA) is 292 Å². The van der Waals surface area contributed by atoms with E-state index in [1.54, 1.807) is 41.3 Å². The molecule has 4 aliphatic carbocycles. The molecule has 7 aliphatic rings. The van der Waals surface area contributed by atoms with Gasteiger partial charge in [-0.25, -0.2) is 10.7 Å². The van der Waals surface area contributed by atoms with Gasteiger partial charge in [-0.05, 0) is 92.2 Å². The summed E-state index contributed by atoms with van der Waals surface area (Å²) in [6, 6.07) is 13.1. The van der Waals surface area contributed by atoms with Crippen LogP contribution in [-0.2, 0) is 65.6 Å². The molecule has 2 unspecified atom stereocenters. The van der Waals surface area contributed by atoms with Crippen molar-refractivity contribution >= 4 is 47.0 Å². The van der Waals surface area contributed by atoms with E-state index in [1.165, 1.54) is 0 Å². The second kappa shape index (κ2) is 20.3. The molecule has 380 valence electrons. The van der Waals surface area contributed by atoms with Gasteiger partial charge < -0.3 is 55.1 Å². The third-order valence-corrected chi connectivity index (χ3v) is 16.0. The highest BCUT2D eigenvalue weighted by Crippen LogP contribution is 2.65. The van der Waals surface area contributed by atoms with Crippen LogP contribution in [0.4, 0.5) is 10.5 Å². The number of nitrogens with two attached hydrogens (primary N) is 1. The number of aliphatic hydroxyl groups excluding tert-OH is 2. The standard InChI is InChI=1S/C51H61N5O15/c1-49-15-14-33(58)17-31(49)8-11-35-36-18-41-51(40(60)22-57,37(36)19-39(59)45(35)49)71-47(70-41)30-6-2-28(3-7-30)16-34-20-50(27-68-34)25-56(26-50)48(66)67-23-29-4-9-32(10-5-29)54-46(65)38(12-13-44(63)64)55-42(61)21-53-43(62)24-69-52/h2-7,9-10,14-15,17,34-39,41,45,47,57,59H,8,11-13,16,18-27,52H2,1H3,(H,53,62)(H,54,65)(H,55,61)(H,63,64)/t34?,35-,36-,37?,38-,39-,41+,45+,47+,49-,51+/m0/s1. The maximum Gasteiger partial charge on any atom is 0.410 e. The summed E-state index contributed by atoms with van der Waals surface area (Å²) in [4.78, 5) is 92.9. The number of carboxylic acid groups (broad SMARTS) is 1. The number of aliphatic hydroxyl groups is 2. The Balaban J connectivity index is 0.726. The van der Waals surface area contributed by atoms with Gasteiger partial charge in [-0.2, -0.15) is 0 Å². The zero-order valence-electron chi connectivity index (χ0n) is 39.4. The molecule has 6 fully saturated rings. The van der Waals surface area contributed by atoms with Gasteiger partial charge >= 0.3 is 12.1 Å². The summed E-state index contributed by atoms with van der Waals surface area (Å²) in [6.45, 7) is 1.93. The molecule has 20 heteroatoms. The van der Waals surface area contributed by atoms with Crippen molar-refractivity contribution in [2.75, 3.05) is 44.8 Å². The third-order valence-electron chi connectivity index (χ3n) is 16.0. The number of likely N-dealkylation sites (tertiary alicyclic amines) is 1. The summed E-state index contributed by atoms with van der Waals surface area (Å²) < 4.78 is 25.1. The molecule has 2 aromatic rings. The fourth-order valence-corrected chi connectivity index (χ4v) is 12.7. The molecule has 3 saturated heterocycles. The summed E-state index contributed by atoms with van der Waals surface area (Å²) >= 11 is 0. The number of hydrogen-bond donors (Lipinski definition) is 7. The van der Waals surface area contributed by atoms with Gasteiger partial charge in [-0.3, -0.25) is 33.6 Å². The molecule has 20 nitrogen and oxygen atoms in total. The van der Waals surface area contributed by atoms with Crippen molar-refractivity contribution in [3.8, 4) is 0 Å². The fourth-order valence-electron chi connectivity index (χ4n) is 12.7. The Bertz CT molecular complexity index is 2470. The molecular formula is C51H61N5O15. The van der Waals surface area contributed by atoms with Crippen LogP contribution in [0.5, 0.6) is 0 Å². The summed E-state index contributed by atoms with van der Waals surface area (Å²) in [5.74, 6) is 0.906. The zero-order chi connectivity index (χ0) is 50.2. The first-order chi connectivity index (χ1) is 34.0. The SMILES string of the molecule is C[C@]12C=CC(=O)C=C1CC[C@@H]1[C@@H]2[C@@H](O)CC2[C@H]1C[C@H]1O[C@@H](c3ccc(CC4CC5(CO4)CN(C(=O)OCc4ccc(NC(=O)[C@H](CCC(=O)O)NC(=O)CNC(=O)CON)cc4)C5)cc3)O[C@@]21C(=O)CO. The minimum Gasteiger partial charge on any atom is -0.481 e. The molecule has 0 aromatic heterocycles. The maximum absolute atomic E-state index is 13.8. The van der Waals surface area contributed by atoms with Crippen molar-refractivity contribution in [2.45, 2.75) is 101 Å². The Morgan fingerprint density at radius 2 is 1.73 bits per heavy atom. The number of carbonyl (C=O) groups excluding carboxylic acids is 6. The van der Waals surface area contributed by atoms with E-state index >= 15 is 0 Å². The molecule has 1 spiro atoms. The first kappa shape index (κ1) is 50.1. The second-order valence-electron chi connectivity index (χ2n) is 20.5. The predicted molar refractivity (Wildman–Crippen MR) is 248 cm³/mol. The summed E-state index contributed by atoms with van der Waals surface area (Å²) in [5, 5.41) is 38.5. The number of fused-ring (bicyclic) bond motifs is 7. The Hall–Kier alpha value is -5.87. The van der Waals surface area contributed by atoms with Gasteiger partial charge in [0.15, 0.2) is 23.5 Å². The predicted octanol–water partition coefficient (Wildman–Crippen LogP) is 2.16. The molecule has 4 amide bonds. The molecule has 3 aliphatic heterocycles. The van der Waals surface area contributed by atoms with E-state index in [-0.39, 0.29) is 54.0 Å². The number of carbonyl (C=O) groups is 7. The highest BCUT2D eigenvalue weighted by atomic mass is 16.7. The van der Waals surface area contributed by atoms with Crippen LogP contribution in [0.1, 0.15) is 74.8 Å². The van der Waals surface area contributed by atoms with E-state index in [9.17, 15) is 43.8 Å². The van der Waals surface area contributed by atoms with Gasteiger partial charge in [0, 0.05) is 53.4 Å². The van der Waals surface area contributed by atoms with Gasteiger partial charge in [0.2, 0.25) is 17.7 Å². The highest BCUT2D eigenvalue weighted by Gasteiger charge is 2.70. The van der Waals surface area contributed by atoms with E-state index in [4.69, 9.17) is 30.0 Å². The van der Waals surface area contributed by atoms with Crippen molar-refractivity contribution in [3.63, 3.8) is 0 Å². The third kappa shape index (κ3) is 10.0. The number of allylic oxidation sites excluding steroid dienone is 4. The Kier molecular flexibility index (Phi) is 14.3. The van der Waals surface area contributed by atoms with Crippen LogP contribution in [0, 0.1) is 34.5 Å². The van der Waals surface area contributed by atoms with Gasteiger partial charge in [0.1, 0.15) is 25.9 Å². The Morgan fingerprint density at radius 1 is 0.986 bits per heavy atom. The normalized spacial score (nSPS) is 31.2. The van der Waals surface area contributed by atoms with E-state index in [1.807, 2.05) is 30.3 Å². The van der Waals surface area contributed by atoms with Crippen molar-refractivity contribution in [1.29, 1.82) is 0 Å². The summed E-state index contributed by atoms with van der Waals surface area (Å²) in [7, 11) is 0.